The van der Waals surface area contributed by atoms with E-state index >= 15 is 0 Å². The smallest absolute Gasteiger partial charge is 0.140 e. The molecule has 1 N–H and O–H groups in total. The average molecular weight is 482 g/mol. The summed E-state index contributed by atoms with van der Waals surface area (Å²) in [4.78, 5) is 12.5. The van der Waals surface area contributed by atoms with E-state index in [0.29, 0.717) is 6.04 Å². The van der Waals surface area contributed by atoms with Crippen molar-refractivity contribution in [2.75, 3.05) is 19.6 Å². The number of aromatic nitrogens is 2. The highest BCUT2D eigenvalue weighted by Crippen LogP contribution is 2.35. The van der Waals surface area contributed by atoms with Crippen molar-refractivity contribution < 1.29 is 0 Å². The van der Waals surface area contributed by atoms with Crippen LogP contribution in [0.3, 0.4) is 0 Å². The molecule has 188 valence electrons. The molecule has 6 rings (SSSR count). The van der Waals surface area contributed by atoms with Crippen LogP contribution in [0.25, 0.3) is 16.7 Å². The Kier molecular flexibility index (Phi) is 6.20. The molecule has 1 aromatic carbocycles. The molecule has 3 aliphatic rings. The number of nitrogens with zero attached hydrogens (tertiary/aromatic N) is 4. The van der Waals surface area contributed by atoms with E-state index in [-0.39, 0.29) is 0 Å². The van der Waals surface area contributed by atoms with E-state index in [4.69, 9.17) is 9.98 Å². The monoisotopic (exact) mass is 481 g/mol. The van der Waals surface area contributed by atoms with E-state index < -0.39 is 0 Å². The third kappa shape index (κ3) is 4.39. The molecule has 1 saturated carbocycles. The van der Waals surface area contributed by atoms with Gasteiger partial charge < -0.3 is 14.8 Å². The largest absolute Gasteiger partial charge is 0.370 e. The molecule has 36 heavy (non-hydrogen) atoms. The quantitative estimate of drug-likeness (QED) is 0.414. The zero-order valence-corrected chi connectivity index (χ0v) is 22.1. The molecule has 4 heterocycles. The summed E-state index contributed by atoms with van der Waals surface area (Å²) in [7, 11) is 0. The van der Waals surface area contributed by atoms with Gasteiger partial charge in [-0.1, -0.05) is 13.5 Å². The Morgan fingerprint density at radius 1 is 1.19 bits per heavy atom. The summed E-state index contributed by atoms with van der Waals surface area (Å²) in [5.74, 6) is 1.60. The number of hydrogen-bond acceptors (Lipinski definition) is 4. The van der Waals surface area contributed by atoms with Crippen LogP contribution in [0, 0.1) is 18.8 Å². The van der Waals surface area contributed by atoms with Crippen LogP contribution in [0.5, 0.6) is 0 Å². The second-order valence-corrected chi connectivity index (χ2v) is 11.1. The first-order valence-electron chi connectivity index (χ1n) is 13.8. The van der Waals surface area contributed by atoms with Gasteiger partial charge in [-0.3, -0.25) is 4.99 Å². The van der Waals surface area contributed by atoms with Crippen LogP contribution >= 0.6 is 0 Å². The minimum atomic E-state index is 0.605. The van der Waals surface area contributed by atoms with Gasteiger partial charge in [0.2, 0.25) is 0 Å². The fourth-order valence-corrected chi connectivity index (χ4v) is 6.23. The fourth-order valence-electron chi connectivity index (χ4n) is 6.23. The molecule has 2 saturated heterocycles. The molecule has 3 fully saturated rings. The van der Waals surface area contributed by atoms with Gasteiger partial charge in [0.1, 0.15) is 5.65 Å². The van der Waals surface area contributed by atoms with Crippen LogP contribution in [0.4, 0.5) is 5.69 Å². The van der Waals surface area contributed by atoms with Gasteiger partial charge in [-0.2, -0.15) is 0 Å². The first-order valence-corrected chi connectivity index (χ1v) is 13.8. The fraction of sp³-hybridized carbons (Fsp3) is 0.484. The molecule has 2 unspecified atom stereocenters. The van der Waals surface area contributed by atoms with Crippen LogP contribution in [0.1, 0.15) is 61.9 Å². The SMILES string of the molecule is C=C(c1cc(CC)c(C)c(N=C(C)c2cc3cccnc3n2CC2CC2)c1)N1CCC2CCNC2C1. The lowest BCUT2D eigenvalue weighted by molar-refractivity contribution is 0.231. The molecule has 0 bridgehead atoms. The number of aliphatic imine (C=N–C) groups is 1. The number of rotatable bonds is 7. The lowest BCUT2D eigenvalue weighted by Crippen LogP contribution is -2.45. The molecule has 0 amide bonds. The molecule has 0 spiro atoms. The molecule has 0 radical (unpaired) electrons. The number of hydrogen-bond donors (Lipinski definition) is 1. The highest BCUT2D eigenvalue weighted by molar-refractivity contribution is 6.03. The van der Waals surface area contributed by atoms with Gasteiger partial charge in [-0.05, 0) is 111 Å². The number of piperidine rings is 1. The third-order valence-corrected chi connectivity index (χ3v) is 8.71. The van der Waals surface area contributed by atoms with Gasteiger partial charge in [0.05, 0.1) is 17.1 Å². The van der Waals surface area contributed by atoms with Gasteiger partial charge >= 0.3 is 0 Å². The second kappa shape index (κ2) is 9.51. The molecule has 2 aliphatic heterocycles. The minimum absolute atomic E-state index is 0.605. The molecule has 3 aromatic rings. The number of benzene rings is 1. The van der Waals surface area contributed by atoms with Gasteiger partial charge in [-0.25, -0.2) is 4.98 Å². The zero-order chi connectivity index (χ0) is 24.8. The molecule has 2 atom stereocenters. The Hall–Kier alpha value is -2.92. The first kappa shape index (κ1) is 23.5. The van der Waals surface area contributed by atoms with Crippen molar-refractivity contribution in [3.05, 3.63) is 65.5 Å². The van der Waals surface area contributed by atoms with Crippen molar-refractivity contribution in [2.24, 2.45) is 16.8 Å². The number of aryl methyl sites for hydroxylation is 1. The van der Waals surface area contributed by atoms with Crippen molar-refractivity contribution in [1.82, 2.24) is 19.8 Å². The normalized spacial score (nSPS) is 22.3. The third-order valence-electron chi connectivity index (χ3n) is 8.71. The Bertz CT molecular complexity index is 1330. The molecule has 5 nitrogen and oxygen atoms in total. The van der Waals surface area contributed by atoms with Gasteiger partial charge in [0, 0.05) is 43.0 Å². The Balaban J connectivity index is 1.35. The van der Waals surface area contributed by atoms with E-state index in [9.17, 15) is 0 Å². The van der Waals surface area contributed by atoms with E-state index in [0.717, 1.165) is 67.2 Å². The van der Waals surface area contributed by atoms with E-state index in [2.05, 4.69) is 66.4 Å². The molecular weight excluding hydrogens is 442 g/mol. The topological polar surface area (TPSA) is 45.5 Å². The average Bonchev–Trinajstić information content (AvgIpc) is 3.46. The van der Waals surface area contributed by atoms with Crippen molar-refractivity contribution >= 4 is 28.1 Å². The maximum atomic E-state index is 5.26. The highest BCUT2D eigenvalue weighted by Gasteiger charge is 2.33. The minimum Gasteiger partial charge on any atom is -0.370 e. The summed E-state index contributed by atoms with van der Waals surface area (Å²) in [5, 5.41) is 4.90. The maximum Gasteiger partial charge on any atom is 0.140 e. The molecular formula is C31H39N5. The Morgan fingerprint density at radius 3 is 2.86 bits per heavy atom. The van der Waals surface area contributed by atoms with Crippen molar-refractivity contribution in [3.8, 4) is 0 Å². The van der Waals surface area contributed by atoms with Crippen molar-refractivity contribution in [2.45, 2.75) is 65.5 Å². The van der Waals surface area contributed by atoms with Crippen LogP contribution in [-0.4, -0.2) is 45.8 Å². The van der Waals surface area contributed by atoms with Crippen molar-refractivity contribution in [3.63, 3.8) is 0 Å². The molecule has 1 aliphatic carbocycles. The number of nitrogens with one attached hydrogen (secondary N) is 1. The summed E-state index contributed by atoms with van der Waals surface area (Å²) in [6.07, 6.45) is 8.11. The molecule has 5 heteroatoms. The van der Waals surface area contributed by atoms with E-state index in [1.54, 1.807) is 0 Å². The van der Waals surface area contributed by atoms with Gasteiger partial charge in [0.25, 0.3) is 0 Å². The second-order valence-electron chi connectivity index (χ2n) is 11.1. The van der Waals surface area contributed by atoms with Crippen LogP contribution in [0.15, 0.2) is 48.1 Å². The van der Waals surface area contributed by atoms with E-state index in [1.165, 1.54) is 53.5 Å². The standard InChI is InChI=1S/C31H39N5/c1-5-24-15-27(22(4)35-14-11-25-10-13-32-29(25)19-35)16-28(20(24)2)34-21(3)30-17-26-7-6-12-33-31(26)36(30)18-23-8-9-23/h6-7,12,15-17,23,25,29,32H,4-5,8-11,13-14,18-19H2,1-3H3. The Labute approximate surface area is 215 Å². The molecule has 2 aromatic heterocycles. The lowest BCUT2D eigenvalue weighted by atomic mass is 9.91. The number of pyridine rings is 1. The van der Waals surface area contributed by atoms with Crippen LogP contribution < -0.4 is 5.32 Å². The van der Waals surface area contributed by atoms with Crippen molar-refractivity contribution in [1.29, 1.82) is 0 Å². The van der Waals surface area contributed by atoms with Crippen LogP contribution in [0.2, 0.25) is 0 Å². The number of likely N-dealkylation sites (tertiary alicyclic amines) is 1. The predicted octanol–water partition coefficient (Wildman–Crippen LogP) is 6.11. The Morgan fingerprint density at radius 2 is 2.06 bits per heavy atom. The van der Waals surface area contributed by atoms with Gasteiger partial charge in [-0.15, -0.1) is 0 Å². The first-order chi connectivity index (χ1) is 17.5. The summed E-state index contributed by atoms with van der Waals surface area (Å²) in [5.41, 5.74) is 9.35. The highest BCUT2D eigenvalue weighted by atomic mass is 15.2. The summed E-state index contributed by atoms with van der Waals surface area (Å²) < 4.78 is 2.39. The number of fused-ring (bicyclic) bond motifs is 2. The maximum absolute atomic E-state index is 5.26. The summed E-state index contributed by atoms with van der Waals surface area (Å²) in [6, 6.07) is 11.7. The van der Waals surface area contributed by atoms with E-state index in [1.807, 2.05) is 12.3 Å². The summed E-state index contributed by atoms with van der Waals surface area (Å²) >= 11 is 0. The summed E-state index contributed by atoms with van der Waals surface area (Å²) in [6.45, 7) is 15.5. The lowest BCUT2D eigenvalue weighted by Gasteiger charge is -2.37. The van der Waals surface area contributed by atoms with Crippen LogP contribution in [-0.2, 0) is 13.0 Å². The zero-order valence-electron chi connectivity index (χ0n) is 22.1. The van der Waals surface area contributed by atoms with Gasteiger partial charge in [0.15, 0.2) is 0 Å². The predicted molar refractivity (Wildman–Crippen MR) is 150 cm³/mol.